The van der Waals surface area contributed by atoms with Crippen molar-refractivity contribution >= 4 is 23.6 Å². The van der Waals surface area contributed by atoms with Crippen molar-refractivity contribution in [2.75, 3.05) is 12.4 Å². The highest BCUT2D eigenvalue weighted by Gasteiger charge is 2.30. The van der Waals surface area contributed by atoms with Crippen molar-refractivity contribution in [3.05, 3.63) is 29.8 Å². The number of hydrogen-bond donors (Lipinski definition) is 2. The van der Waals surface area contributed by atoms with Crippen molar-refractivity contribution < 1.29 is 19.4 Å². The maximum absolute atomic E-state index is 11.7. The smallest absolute Gasteiger partial charge is 0.328 e. The molecule has 0 aromatic heterocycles. The Hall–Kier alpha value is -2.30. The number of aliphatic carboxylic acids is 1. The van der Waals surface area contributed by atoms with Gasteiger partial charge in [0.15, 0.2) is 0 Å². The second-order valence-electron chi connectivity index (χ2n) is 4.39. The van der Waals surface area contributed by atoms with Crippen LogP contribution in [0.1, 0.15) is 18.4 Å². The number of anilines is 1. The van der Waals surface area contributed by atoms with E-state index in [0.717, 1.165) is 18.9 Å². The fraction of sp³-hybridized carbons (Fsp3) is 0.286. The summed E-state index contributed by atoms with van der Waals surface area (Å²) in [5.41, 5.74) is 1.25. The van der Waals surface area contributed by atoms with Crippen LogP contribution in [0.5, 0.6) is 5.75 Å². The number of ether oxygens (including phenoxy) is 1. The molecule has 0 bridgehead atoms. The number of nitrogens with one attached hydrogen (secondary N) is 1. The van der Waals surface area contributed by atoms with Crippen LogP contribution in [0, 0.1) is 5.92 Å². The Bertz CT molecular complexity index is 532. The molecule has 1 aromatic rings. The monoisotopic (exact) mass is 261 g/mol. The second-order valence-corrected chi connectivity index (χ2v) is 4.39. The summed E-state index contributed by atoms with van der Waals surface area (Å²) in [6.45, 7) is 0. The van der Waals surface area contributed by atoms with Gasteiger partial charge in [0.05, 0.1) is 12.8 Å². The lowest BCUT2D eigenvalue weighted by Gasteiger charge is -2.10. The zero-order valence-corrected chi connectivity index (χ0v) is 10.6. The molecule has 1 amide bonds. The maximum atomic E-state index is 11.7. The van der Waals surface area contributed by atoms with Gasteiger partial charge >= 0.3 is 5.97 Å². The summed E-state index contributed by atoms with van der Waals surface area (Å²) in [6.07, 6.45) is 4.36. The molecule has 1 saturated carbocycles. The first kappa shape index (κ1) is 13.1. The molecule has 0 atom stereocenters. The minimum absolute atomic E-state index is 0.0161. The Morgan fingerprint density at radius 1 is 1.42 bits per heavy atom. The molecule has 5 nitrogen and oxygen atoms in total. The topological polar surface area (TPSA) is 75.6 Å². The minimum atomic E-state index is -1.01. The Morgan fingerprint density at radius 2 is 2.16 bits per heavy atom. The molecule has 5 heteroatoms. The molecule has 2 N–H and O–H groups in total. The van der Waals surface area contributed by atoms with Gasteiger partial charge in [-0.15, -0.1) is 0 Å². The van der Waals surface area contributed by atoms with Crippen molar-refractivity contribution in [3.8, 4) is 5.75 Å². The molecular weight excluding hydrogens is 246 g/mol. The molecule has 1 aliphatic rings. The van der Waals surface area contributed by atoms with E-state index in [1.165, 1.54) is 13.2 Å². The van der Waals surface area contributed by atoms with Crippen LogP contribution in [0.2, 0.25) is 0 Å². The summed E-state index contributed by atoms with van der Waals surface area (Å²) in [5.74, 6) is -0.374. The Balaban J connectivity index is 2.20. The second kappa shape index (κ2) is 5.56. The van der Waals surface area contributed by atoms with Gasteiger partial charge in [-0.3, -0.25) is 4.79 Å². The van der Waals surface area contributed by atoms with E-state index in [0.29, 0.717) is 17.0 Å². The van der Waals surface area contributed by atoms with Crippen LogP contribution in [0.3, 0.4) is 0 Å². The van der Waals surface area contributed by atoms with Crippen molar-refractivity contribution in [1.82, 2.24) is 0 Å². The molecule has 1 fully saturated rings. The quantitative estimate of drug-likeness (QED) is 0.796. The van der Waals surface area contributed by atoms with Crippen LogP contribution >= 0.6 is 0 Å². The van der Waals surface area contributed by atoms with E-state index in [9.17, 15) is 9.59 Å². The van der Waals surface area contributed by atoms with Crippen LogP contribution in [0.25, 0.3) is 6.08 Å². The van der Waals surface area contributed by atoms with Crippen LogP contribution in [0.4, 0.5) is 5.69 Å². The fourth-order valence-corrected chi connectivity index (χ4v) is 1.67. The summed E-state index contributed by atoms with van der Waals surface area (Å²) in [6, 6.07) is 5.12. The van der Waals surface area contributed by atoms with Gasteiger partial charge in [-0.2, -0.15) is 0 Å². The van der Waals surface area contributed by atoms with E-state index in [2.05, 4.69) is 5.32 Å². The number of carboxylic acid groups (broad SMARTS) is 1. The average Bonchev–Trinajstić information content (AvgIpc) is 3.20. The van der Waals surface area contributed by atoms with Crippen molar-refractivity contribution in [3.63, 3.8) is 0 Å². The fourth-order valence-electron chi connectivity index (χ4n) is 1.67. The van der Waals surface area contributed by atoms with E-state index in [1.54, 1.807) is 18.2 Å². The van der Waals surface area contributed by atoms with E-state index in [1.807, 2.05) is 0 Å². The van der Waals surface area contributed by atoms with Gasteiger partial charge in [0.25, 0.3) is 0 Å². The highest BCUT2D eigenvalue weighted by molar-refractivity contribution is 5.96. The molecule has 0 unspecified atom stereocenters. The SMILES string of the molecule is COc1ccc(/C=C/C(=O)O)cc1NC(=O)C1CC1. The number of benzene rings is 1. The third-order valence-electron chi connectivity index (χ3n) is 2.85. The van der Waals surface area contributed by atoms with Crippen molar-refractivity contribution in [2.24, 2.45) is 5.92 Å². The first-order valence-corrected chi connectivity index (χ1v) is 6.00. The number of amides is 1. The molecule has 0 heterocycles. The lowest BCUT2D eigenvalue weighted by molar-refractivity contribution is -0.131. The maximum Gasteiger partial charge on any atom is 0.328 e. The van der Waals surface area contributed by atoms with Gasteiger partial charge < -0.3 is 15.2 Å². The van der Waals surface area contributed by atoms with E-state index < -0.39 is 5.97 Å². The van der Waals surface area contributed by atoms with Gasteiger partial charge in [-0.25, -0.2) is 4.79 Å². The molecule has 0 spiro atoms. The summed E-state index contributed by atoms with van der Waals surface area (Å²) in [4.78, 5) is 22.2. The van der Waals surface area contributed by atoms with E-state index in [-0.39, 0.29) is 11.8 Å². The Kier molecular flexibility index (Phi) is 3.85. The number of hydrogen-bond acceptors (Lipinski definition) is 3. The number of methoxy groups -OCH3 is 1. The summed E-state index contributed by atoms with van der Waals surface area (Å²) >= 11 is 0. The number of rotatable bonds is 5. The summed E-state index contributed by atoms with van der Waals surface area (Å²) in [5, 5.41) is 11.4. The highest BCUT2D eigenvalue weighted by Crippen LogP contribution is 2.32. The molecule has 19 heavy (non-hydrogen) atoms. The number of carboxylic acids is 1. The van der Waals surface area contributed by atoms with E-state index >= 15 is 0 Å². The summed E-state index contributed by atoms with van der Waals surface area (Å²) in [7, 11) is 1.52. The highest BCUT2D eigenvalue weighted by atomic mass is 16.5. The third-order valence-corrected chi connectivity index (χ3v) is 2.85. The largest absolute Gasteiger partial charge is 0.495 e. The normalized spacial score (nSPS) is 14.4. The Labute approximate surface area is 110 Å². The molecule has 1 aliphatic carbocycles. The van der Waals surface area contributed by atoms with Crippen LogP contribution < -0.4 is 10.1 Å². The van der Waals surface area contributed by atoms with Gasteiger partial charge in [-0.05, 0) is 36.6 Å². The Morgan fingerprint density at radius 3 is 2.74 bits per heavy atom. The lowest BCUT2D eigenvalue weighted by atomic mass is 10.1. The van der Waals surface area contributed by atoms with Gasteiger partial charge in [0.2, 0.25) is 5.91 Å². The van der Waals surface area contributed by atoms with E-state index in [4.69, 9.17) is 9.84 Å². The first-order chi connectivity index (χ1) is 9.10. The molecule has 100 valence electrons. The molecule has 0 saturated heterocycles. The van der Waals surface area contributed by atoms with Crippen molar-refractivity contribution in [1.29, 1.82) is 0 Å². The first-order valence-electron chi connectivity index (χ1n) is 6.00. The molecule has 0 radical (unpaired) electrons. The molecule has 1 aromatic carbocycles. The van der Waals surface area contributed by atoms with Crippen LogP contribution in [-0.2, 0) is 9.59 Å². The predicted octanol–water partition coefficient (Wildman–Crippen LogP) is 2.14. The molecule has 2 rings (SSSR count). The van der Waals surface area contributed by atoms with Gasteiger partial charge in [0, 0.05) is 12.0 Å². The van der Waals surface area contributed by atoms with Crippen LogP contribution in [-0.4, -0.2) is 24.1 Å². The van der Waals surface area contributed by atoms with Gasteiger partial charge in [-0.1, -0.05) is 6.07 Å². The van der Waals surface area contributed by atoms with Crippen molar-refractivity contribution in [2.45, 2.75) is 12.8 Å². The minimum Gasteiger partial charge on any atom is -0.495 e. The van der Waals surface area contributed by atoms with Crippen LogP contribution in [0.15, 0.2) is 24.3 Å². The summed E-state index contributed by atoms with van der Waals surface area (Å²) < 4.78 is 5.17. The molecule has 0 aliphatic heterocycles. The number of carbonyl (C=O) groups excluding carboxylic acids is 1. The lowest BCUT2D eigenvalue weighted by Crippen LogP contribution is -2.14. The van der Waals surface area contributed by atoms with Gasteiger partial charge in [0.1, 0.15) is 5.75 Å². The average molecular weight is 261 g/mol. The standard InChI is InChI=1S/C14H15NO4/c1-19-12-6-2-9(3-7-13(16)17)8-11(12)15-14(18)10-4-5-10/h2-3,6-8,10H,4-5H2,1H3,(H,15,18)(H,16,17)/b7-3+. The number of carbonyl (C=O) groups is 2. The third kappa shape index (κ3) is 3.58. The molecular formula is C14H15NO4. The predicted molar refractivity (Wildman–Crippen MR) is 71.0 cm³/mol. The zero-order valence-electron chi connectivity index (χ0n) is 10.6. The zero-order chi connectivity index (χ0) is 13.8.